The van der Waals surface area contributed by atoms with Crippen LogP contribution in [0.15, 0.2) is 58.1 Å². The molecule has 1 aliphatic heterocycles. The second-order valence-electron chi connectivity index (χ2n) is 10.7. The fraction of sp³-hybridized carbons (Fsp3) is 0.300. The van der Waals surface area contributed by atoms with Crippen molar-refractivity contribution in [2.75, 3.05) is 0 Å². The summed E-state index contributed by atoms with van der Waals surface area (Å²) in [5, 5.41) is 4.68. The third-order valence-electron chi connectivity index (χ3n) is 7.83. The molecule has 4 heterocycles. The lowest BCUT2D eigenvalue weighted by Crippen LogP contribution is -2.46. The van der Waals surface area contributed by atoms with Crippen LogP contribution in [0.3, 0.4) is 0 Å². The van der Waals surface area contributed by atoms with Crippen LogP contribution in [0.4, 0.5) is 13.2 Å². The lowest BCUT2D eigenvalue weighted by atomic mass is 9.98. The fourth-order valence-corrected chi connectivity index (χ4v) is 5.98. The summed E-state index contributed by atoms with van der Waals surface area (Å²) in [6.45, 7) is 5.57. The van der Waals surface area contributed by atoms with E-state index in [4.69, 9.17) is 4.98 Å². The number of alkyl halides is 3. The highest BCUT2D eigenvalue weighted by molar-refractivity contribution is 9.10. The largest absolute Gasteiger partial charge is 0.417 e. The molecule has 9 nitrogen and oxygen atoms in total. The Hall–Kier alpha value is -4.26. The molecule has 2 aromatic carbocycles. The number of hydrogen-bond donors (Lipinski definition) is 0. The van der Waals surface area contributed by atoms with Crippen LogP contribution in [0.5, 0.6) is 0 Å². The number of aromatic nitrogens is 6. The number of benzene rings is 2. The number of nitrogens with zero attached hydrogens (tertiary/aromatic N) is 7. The number of rotatable bonds is 4. The van der Waals surface area contributed by atoms with Gasteiger partial charge in [0.25, 0.3) is 11.5 Å². The van der Waals surface area contributed by atoms with Gasteiger partial charge in [-0.25, -0.2) is 19.2 Å². The first-order valence-corrected chi connectivity index (χ1v) is 14.5. The van der Waals surface area contributed by atoms with Crippen molar-refractivity contribution < 1.29 is 18.0 Å². The Balaban J connectivity index is 1.49. The van der Waals surface area contributed by atoms with Crippen LogP contribution in [0.2, 0.25) is 0 Å². The summed E-state index contributed by atoms with van der Waals surface area (Å²) in [6.07, 6.45) is -2.07. The van der Waals surface area contributed by atoms with Crippen LogP contribution in [-0.2, 0) is 32.6 Å². The normalized spacial score (nSPS) is 15.3. The van der Waals surface area contributed by atoms with Gasteiger partial charge in [-0.1, -0.05) is 22.9 Å². The molecule has 0 bridgehead atoms. The molecule has 13 heteroatoms. The average Bonchev–Trinajstić information content (AvgIpc) is 3.53. The Bertz CT molecular complexity index is 1980. The number of fused-ring (bicyclic) bond motifs is 2. The summed E-state index contributed by atoms with van der Waals surface area (Å²) < 4.78 is 45.6. The van der Waals surface area contributed by atoms with E-state index >= 15 is 0 Å². The second kappa shape index (κ2) is 10.5. The first kappa shape index (κ1) is 28.8. The lowest BCUT2D eigenvalue weighted by molar-refractivity contribution is -0.138. The number of carbonyl (C=O) groups excluding carboxylic acids is 1. The van der Waals surface area contributed by atoms with Gasteiger partial charge in [0.1, 0.15) is 0 Å². The number of halogens is 4. The third-order valence-corrected chi connectivity index (χ3v) is 8.52. The molecule has 0 fully saturated rings. The zero-order valence-electron chi connectivity index (χ0n) is 23.8. The van der Waals surface area contributed by atoms with Crippen molar-refractivity contribution in [2.24, 2.45) is 7.05 Å². The highest BCUT2D eigenvalue weighted by Gasteiger charge is 2.36. The van der Waals surface area contributed by atoms with Gasteiger partial charge in [-0.15, -0.1) is 0 Å². The molecule has 5 aromatic rings. The Kier molecular flexibility index (Phi) is 7.03. The van der Waals surface area contributed by atoms with Gasteiger partial charge in [0.2, 0.25) is 5.95 Å². The molecule has 6 rings (SSSR count). The van der Waals surface area contributed by atoms with Crippen molar-refractivity contribution in [3.8, 4) is 11.6 Å². The molecule has 222 valence electrons. The molecule has 0 radical (unpaired) electrons. The predicted molar refractivity (Wildman–Crippen MR) is 158 cm³/mol. The van der Waals surface area contributed by atoms with Gasteiger partial charge in [-0.05, 0) is 69.2 Å². The first-order valence-electron chi connectivity index (χ1n) is 13.7. The molecule has 1 aliphatic rings. The molecule has 0 saturated heterocycles. The van der Waals surface area contributed by atoms with Crippen molar-refractivity contribution in [3.05, 3.63) is 97.4 Å². The molecule has 0 N–H and O–H groups in total. The minimum absolute atomic E-state index is 0.0456. The van der Waals surface area contributed by atoms with Gasteiger partial charge < -0.3 is 9.47 Å². The summed E-state index contributed by atoms with van der Waals surface area (Å²) in [5.41, 5.74) is 3.24. The minimum Gasteiger partial charge on any atom is -0.334 e. The van der Waals surface area contributed by atoms with Crippen LogP contribution in [-0.4, -0.2) is 45.7 Å². The maximum Gasteiger partial charge on any atom is 0.417 e. The quantitative estimate of drug-likeness (QED) is 0.254. The van der Waals surface area contributed by atoms with Crippen LogP contribution >= 0.6 is 15.9 Å². The molecule has 3 aromatic heterocycles. The number of aryl methyl sites for hydroxylation is 3. The highest BCUT2D eigenvalue weighted by atomic mass is 79.9. The summed E-state index contributed by atoms with van der Waals surface area (Å²) in [4.78, 5) is 38.6. The highest BCUT2D eigenvalue weighted by Crippen LogP contribution is 2.36. The number of carbonyl (C=O) groups is 1. The van der Waals surface area contributed by atoms with E-state index in [2.05, 4.69) is 26.0 Å². The minimum atomic E-state index is -4.63. The maximum atomic E-state index is 14.2. The van der Waals surface area contributed by atoms with E-state index in [0.29, 0.717) is 28.9 Å². The SMILES string of the molecule is CCc1cc(C)n(-c2nc3c(c(=O)n2-c2ccc4c(c2)ncn4C)C[C@@H](C)N(C(=O)c2ccc(Br)c(C(F)(F)F)c2)C3)n1. The molecule has 0 aliphatic carbocycles. The summed E-state index contributed by atoms with van der Waals surface area (Å²) in [6, 6.07) is 10.4. The van der Waals surface area contributed by atoms with E-state index in [0.717, 1.165) is 23.0 Å². The van der Waals surface area contributed by atoms with Crippen LogP contribution in [0.1, 0.15) is 52.4 Å². The summed E-state index contributed by atoms with van der Waals surface area (Å²) in [7, 11) is 1.89. The zero-order chi connectivity index (χ0) is 30.8. The van der Waals surface area contributed by atoms with Crippen molar-refractivity contribution in [1.29, 1.82) is 0 Å². The van der Waals surface area contributed by atoms with E-state index in [-0.39, 0.29) is 34.5 Å². The Morgan fingerprint density at radius 2 is 1.91 bits per heavy atom. The van der Waals surface area contributed by atoms with E-state index < -0.39 is 23.7 Å². The van der Waals surface area contributed by atoms with Gasteiger partial charge in [0.05, 0.1) is 46.5 Å². The molecular formula is C30H27BrF3N7O2. The van der Waals surface area contributed by atoms with Crippen molar-refractivity contribution >= 4 is 32.9 Å². The van der Waals surface area contributed by atoms with Crippen LogP contribution in [0, 0.1) is 6.92 Å². The second-order valence-corrected chi connectivity index (χ2v) is 11.6. The number of imidazole rings is 1. The monoisotopic (exact) mass is 653 g/mol. The van der Waals surface area contributed by atoms with Gasteiger partial charge in [0, 0.05) is 34.4 Å². The molecule has 0 saturated carbocycles. The molecule has 0 spiro atoms. The third kappa shape index (κ3) is 4.94. The summed E-state index contributed by atoms with van der Waals surface area (Å²) >= 11 is 2.93. The average molecular weight is 654 g/mol. The standard InChI is InChI=1S/C30H27BrF3N7O2/c1-5-19-10-17(3)41(37-19)29-36-25-14-39(27(42)18-6-8-23(31)22(12-18)30(32,33)34)16(2)11-21(25)28(43)40(29)20-7-9-26-24(13-20)35-15-38(26)4/h6-10,12-13,15-16H,5,11,14H2,1-4H3/t16-/m1/s1. The number of hydrogen-bond acceptors (Lipinski definition) is 5. The van der Waals surface area contributed by atoms with E-state index in [1.807, 2.05) is 49.7 Å². The predicted octanol–water partition coefficient (Wildman–Crippen LogP) is 5.54. The number of amides is 1. The first-order chi connectivity index (χ1) is 20.4. The smallest absolute Gasteiger partial charge is 0.334 e. The zero-order valence-corrected chi connectivity index (χ0v) is 25.4. The molecule has 1 atom stereocenters. The van der Waals surface area contributed by atoms with E-state index in [1.54, 1.807) is 17.9 Å². The van der Waals surface area contributed by atoms with Crippen molar-refractivity contribution in [3.63, 3.8) is 0 Å². The molecule has 43 heavy (non-hydrogen) atoms. The molecule has 0 unspecified atom stereocenters. The fourth-order valence-electron chi connectivity index (χ4n) is 5.51. The van der Waals surface area contributed by atoms with E-state index in [9.17, 15) is 22.8 Å². The van der Waals surface area contributed by atoms with Crippen LogP contribution in [0.25, 0.3) is 22.7 Å². The van der Waals surface area contributed by atoms with Gasteiger partial charge >= 0.3 is 6.18 Å². The maximum absolute atomic E-state index is 14.2. The molecule has 1 amide bonds. The Morgan fingerprint density at radius 1 is 1.14 bits per heavy atom. The van der Waals surface area contributed by atoms with Crippen LogP contribution < -0.4 is 5.56 Å². The van der Waals surface area contributed by atoms with Crippen molar-refractivity contribution in [2.45, 2.75) is 52.4 Å². The topological polar surface area (TPSA) is 90.8 Å². The van der Waals surface area contributed by atoms with Gasteiger partial charge in [-0.2, -0.15) is 18.3 Å². The van der Waals surface area contributed by atoms with Crippen molar-refractivity contribution in [1.82, 2.24) is 33.8 Å². The Morgan fingerprint density at radius 3 is 2.60 bits per heavy atom. The van der Waals surface area contributed by atoms with E-state index in [1.165, 1.54) is 21.6 Å². The Labute approximate surface area is 252 Å². The van der Waals surface area contributed by atoms with Gasteiger partial charge in [0.15, 0.2) is 0 Å². The summed E-state index contributed by atoms with van der Waals surface area (Å²) in [5.74, 6) is -0.325. The molecular weight excluding hydrogens is 627 g/mol. The van der Waals surface area contributed by atoms with Gasteiger partial charge in [-0.3, -0.25) is 9.59 Å². The lowest BCUT2D eigenvalue weighted by Gasteiger charge is -2.34.